The minimum atomic E-state index is -4.20. The molecule has 2 aliphatic rings. The van der Waals surface area contributed by atoms with E-state index < -0.39 is 26.6 Å². The van der Waals surface area contributed by atoms with Crippen molar-refractivity contribution in [2.24, 2.45) is 17.8 Å². The van der Waals surface area contributed by atoms with Gasteiger partial charge in [-0.25, -0.2) is 21.9 Å². The molecule has 0 spiro atoms. The van der Waals surface area contributed by atoms with Gasteiger partial charge in [-0.3, -0.25) is 0 Å². The molecule has 0 radical (unpaired) electrons. The highest BCUT2D eigenvalue weighted by Crippen LogP contribution is 2.48. The van der Waals surface area contributed by atoms with E-state index >= 15 is 0 Å². The number of hydrogen-bond donors (Lipinski definition) is 2. The zero-order valence-corrected chi connectivity index (χ0v) is 12.3. The van der Waals surface area contributed by atoms with Gasteiger partial charge < -0.3 is 5.73 Å². The predicted molar refractivity (Wildman–Crippen MR) is 74.9 cm³/mol. The van der Waals surface area contributed by atoms with Gasteiger partial charge in [-0.1, -0.05) is 6.42 Å². The maximum absolute atomic E-state index is 13.7. The number of benzene rings is 1. The first-order valence-electron chi connectivity index (χ1n) is 7.11. The Morgan fingerprint density at radius 2 is 1.86 bits per heavy atom. The molecule has 3 atom stereocenters. The molecular weight excluding hydrogens is 298 g/mol. The van der Waals surface area contributed by atoms with E-state index in [9.17, 15) is 17.2 Å². The highest BCUT2D eigenvalue weighted by Gasteiger charge is 2.40. The molecule has 1 aromatic carbocycles. The summed E-state index contributed by atoms with van der Waals surface area (Å²) in [5.41, 5.74) is 5.15. The van der Waals surface area contributed by atoms with Crippen LogP contribution in [0.5, 0.6) is 0 Å². The number of hydrogen-bond acceptors (Lipinski definition) is 3. The molecule has 2 saturated carbocycles. The molecule has 0 amide bonds. The maximum Gasteiger partial charge on any atom is 0.246 e. The van der Waals surface area contributed by atoms with Crippen LogP contribution in [0.3, 0.4) is 0 Å². The van der Waals surface area contributed by atoms with Gasteiger partial charge in [0.2, 0.25) is 10.0 Å². The third-order valence-electron chi connectivity index (χ3n) is 4.71. The molecule has 1 aromatic rings. The van der Waals surface area contributed by atoms with Gasteiger partial charge in [0.05, 0.1) is 0 Å². The molecule has 3 N–H and O–H groups in total. The Bertz CT molecular complexity index is 640. The molecule has 0 heterocycles. The van der Waals surface area contributed by atoms with Crippen LogP contribution in [-0.4, -0.2) is 15.0 Å². The van der Waals surface area contributed by atoms with E-state index in [0.29, 0.717) is 11.8 Å². The Morgan fingerprint density at radius 1 is 1.19 bits per heavy atom. The van der Waals surface area contributed by atoms with Crippen molar-refractivity contribution in [2.45, 2.75) is 30.6 Å². The Labute approximate surface area is 122 Å². The first kappa shape index (κ1) is 14.7. The average Bonchev–Trinajstić information content (AvgIpc) is 2.96. The molecule has 0 aromatic heterocycles. The molecule has 3 rings (SSSR count). The second-order valence-electron chi connectivity index (χ2n) is 6.10. The maximum atomic E-state index is 13.7. The van der Waals surface area contributed by atoms with E-state index in [1.54, 1.807) is 0 Å². The lowest BCUT2D eigenvalue weighted by atomic mass is 9.89. The number of nitrogens with one attached hydrogen (secondary N) is 1. The first-order chi connectivity index (χ1) is 9.87. The number of anilines is 1. The summed E-state index contributed by atoms with van der Waals surface area (Å²) >= 11 is 0. The summed E-state index contributed by atoms with van der Waals surface area (Å²) in [6.07, 6.45) is 4.49. The topological polar surface area (TPSA) is 72.2 Å². The van der Waals surface area contributed by atoms with Crippen LogP contribution in [0.2, 0.25) is 0 Å². The molecule has 21 heavy (non-hydrogen) atoms. The van der Waals surface area contributed by atoms with Crippen LogP contribution in [-0.2, 0) is 10.0 Å². The summed E-state index contributed by atoms with van der Waals surface area (Å²) in [6.45, 7) is 0.243. The van der Waals surface area contributed by atoms with Crippen LogP contribution in [0.4, 0.5) is 14.5 Å². The summed E-state index contributed by atoms with van der Waals surface area (Å²) in [6, 6.07) is 1.63. The van der Waals surface area contributed by atoms with Crippen molar-refractivity contribution >= 4 is 15.7 Å². The zero-order chi connectivity index (χ0) is 15.2. The Kier molecular flexibility index (Phi) is 3.65. The summed E-state index contributed by atoms with van der Waals surface area (Å²) in [5.74, 6) is -0.812. The van der Waals surface area contributed by atoms with Gasteiger partial charge in [0.25, 0.3) is 0 Å². The molecular formula is C14H18F2N2O2S. The third-order valence-corrected chi connectivity index (χ3v) is 6.18. The van der Waals surface area contributed by atoms with Crippen molar-refractivity contribution in [1.82, 2.24) is 4.72 Å². The predicted octanol–water partition coefficient (Wildman–Crippen LogP) is 2.26. The molecule has 7 heteroatoms. The molecule has 116 valence electrons. The summed E-state index contributed by atoms with van der Waals surface area (Å²) in [5, 5.41) is 0. The lowest BCUT2D eigenvalue weighted by Gasteiger charge is -2.21. The number of sulfonamides is 1. The molecule has 2 fully saturated rings. The minimum Gasteiger partial charge on any atom is -0.399 e. The second kappa shape index (κ2) is 5.21. The van der Waals surface area contributed by atoms with Gasteiger partial charge in [0.1, 0.15) is 11.6 Å². The lowest BCUT2D eigenvalue weighted by molar-refractivity contribution is 0.332. The fraction of sp³-hybridized carbons (Fsp3) is 0.571. The highest BCUT2D eigenvalue weighted by molar-refractivity contribution is 7.89. The number of nitrogens with two attached hydrogens (primary N) is 1. The fourth-order valence-electron chi connectivity index (χ4n) is 3.75. The van der Waals surface area contributed by atoms with Crippen molar-refractivity contribution in [3.63, 3.8) is 0 Å². The van der Waals surface area contributed by atoms with Crippen LogP contribution in [0, 0.1) is 29.4 Å². The Hall–Kier alpha value is -1.21. The monoisotopic (exact) mass is 316 g/mol. The van der Waals surface area contributed by atoms with Crippen molar-refractivity contribution in [3.05, 3.63) is 23.8 Å². The Morgan fingerprint density at radius 3 is 2.38 bits per heavy atom. The molecule has 0 saturated heterocycles. The number of halogens is 2. The van der Waals surface area contributed by atoms with Crippen LogP contribution >= 0.6 is 0 Å². The standard InChI is InChI=1S/C14H18F2N2O2S/c15-12-5-11(17)6-13(16)14(12)21(19,20)18-7-10-4-8-1-2-9(10)3-8/h5-6,8-10,18H,1-4,7,17H2. The van der Waals surface area contributed by atoms with E-state index in [1.807, 2.05) is 0 Å². The molecule has 0 aliphatic heterocycles. The quantitative estimate of drug-likeness (QED) is 0.837. The van der Waals surface area contributed by atoms with Crippen molar-refractivity contribution < 1.29 is 17.2 Å². The summed E-state index contributed by atoms with van der Waals surface area (Å²) < 4.78 is 54.0. The van der Waals surface area contributed by atoms with Gasteiger partial charge in [-0.05, 0) is 49.1 Å². The van der Waals surface area contributed by atoms with Crippen molar-refractivity contribution in [1.29, 1.82) is 0 Å². The summed E-state index contributed by atoms with van der Waals surface area (Å²) in [7, 11) is -4.20. The van der Waals surface area contributed by atoms with E-state index in [0.717, 1.165) is 31.4 Å². The molecule has 2 bridgehead atoms. The second-order valence-corrected chi connectivity index (χ2v) is 7.80. The highest BCUT2D eigenvalue weighted by atomic mass is 32.2. The molecule has 3 unspecified atom stereocenters. The van der Waals surface area contributed by atoms with E-state index in [4.69, 9.17) is 5.73 Å². The van der Waals surface area contributed by atoms with Gasteiger partial charge >= 0.3 is 0 Å². The van der Waals surface area contributed by atoms with Crippen molar-refractivity contribution in [2.75, 3.05) is 12.3 Å². The van der Waals surface area contributed by atoms with Crippen LogP contribution in [0.15, 0.2) is 17.0 Å². The van der Waals surface area contributed by atoms with Gasteiger partial charge in [0.15, 0.2) is 4.90 Å². The Balaban J connectivity index is 1.75. The van der Waals surface area contributed by atoms with Gasteiger partial charge in [0, 0.05) is 12.2 Å². The zero-order valence-electron chi connectivity index (χ0n) is 11.5. The first-order valence-corrected chi connectivity index (χ1v) is 8.59. The lowest BCUT2D eigenvalue weighted by Crippen LogP contribution is -2.32. The van der Waals surface area contributed by atoms with Gasteiger partial charge in [-0.15, -0.1) is 0 Å². The fourth-order valence-corrected chi connectivity index (χ4v) is 4.96. The molecule has 2 aliphatic carbocycles. The average molecular weight is 316 g/mol. The van der Waals surface area contributed by atoms with E-state index in [-0.39, 0.29) is 18.2 Å². The normalized spacial score (nSPS) is 28.2. The largest absolute Gasteiger partial charge is 0.399 e. The number of rotatable bonds is 4. The smallest absolute Gasteiger partial charge is 0.246 e. The van der Waals surface area contributed by atoms with Crippen molar-refractivity contribution in [3.8, 4) is 0 Å². The third kappa shape index (κ3) is 2.76. The van der Waals surface area contributed by atoms with Crippen LogP contribution in [0.1, 0.15) is 25.7 Å². The SMILES string of the molecule is Nc1cc(F)c(S(=O)(=O)NCC2CC3CCC2C3)c(F)c1. The van der Waals surface area contributed by atoms with Crippen LogP contribution in [0.25, 0.3) is 0 Å². The number of fused-ring (bicyclic) bond motifs is 2. The van der Waals surface area contributed by atoms with E-state index in [2.05, 4.69) is 4.72 Å². The van der Waals surface area contributed by atoms with Gasteiger partial charge in [-0.2, -0.15) is 0 Å². The summed E-state index contributed by atoms with van der Waals surface area (Å²) in [4.78, 5) is -0.945. The van der Waals surface area contributed by atoms with E-state index in [1.165, 1.54) is 6.42 Å². The van der Waals surface area contributed by atoms with Crippen LogP contribution < -0.4 is 10.5 Å². The number of nitrogen functional groups attached to an aromatic ring is 1. The molecule has 4 nitrogen and oxygen atoms in total. The minimum absolute atomic E-state index is 0.142.